The molecule has 2 rings (SSSR count). The lowest BCUT2D eigenvalue weighted by Gasteiger charge is -2.14. The second-order valence-electron chi connectivity index (χ2n) is 4.12. The van der Waals surface area contributed by atoms with Crippen molar-refractivity contribution in [3.05, 3.63) is 41.7 Å². The molecule has 4 heteroatoms. The topological polar surface area (TPSA) is 63.8 Å². The van der Waals surface area contributed by atoms with Crippen molar-refractivity contribution in [2.24, 2.45) is 0 Å². The fourth-order valence-electron chi connectivity index (χ4n) is 1.92. The summed E-state index contributed by atoms with van der Waals surface area (Å²) >= 11 is 0. The smallest absolute Gasteiger partial charge is 0.227 e. The number of aromatic nitrogens is 2. The Morgan fingerprint density at radius 3 is 2.11 bits per heavy atom. The van der Waals surface area contributed by atoms with E-state index in [2.05, 4.69) is 47.3 Å². The van der Waals surface area contributed by atoms with Gasteiger partial charge in [0.05, 0.1) is 18.1 Å². The minimum atomic E-state index is 0.569. The molecule has 0 atom stereocenters. The molecule has 0 unspecified atom stereocenters. The van der Waals surface area contributed by atoms with Crippen LogP contribution in [0, 0.1) is 0 Å². The van der Waals surface area contributed by atoms with E-state index in [4.69, 9.17) is 5.73 Å². The zero-order valence-corrected chi connectivity index (χ0v) is 10.8. The van der Waals surface area contributed by atoms with Gasteiger partial charge in [-0.15, -0.1) is 0 Å². The summed E-state index contributed by atoms with van der Waals surface area (Å²) in [4.78, 5) is 8.35. The SMILES string of the molecule is CCc1cccc(CC)c1Nc1ncc(N)cn1. The van der Waals surface area contributed by atoms with Crippen LogP contribution in [-0.4, -0.2) is 9.97 Å². The van der Waals surface area contributed by atoms with Gasteiger partial charge in [-0.05, 0) is 24.0 Å². The molecule has 0 radical (unpaired) electrons. The van der Waals surface area contributed by atoms with Gasteiger partial charge in [-0.2, -0.15) is 0 Å². The first kappa shape index (κ1) is 12.4. The van der Waals surface area contributed by atoms with Crippen LogP contribution in [0.5, 0.6) is 0 Å². The lowest BCUT2D eigenvalue weighted by molar-refractivity contribution is 1.07. The van der Waals surface area contributed by atoms with E-state index < -0.39 is 0 Å². The number of benzene rings is 1. The van der Waals surface area contributed by atoms with E-state index in [0.717, 1.165) is 18.5 Å². The van der Waals surface area contributed by atoms with Gasteiger partial charge in [-0.25, -0.2) is 9.97 Å². The van der Waals surface area contributed by atoms with Crippen molar-refractivity contribution in [2.45, 2.75) is 26.7 Å². The van der Waals surface area contributed by atoms with Crippen LogP contribution in [-0.2, 0) is 12.8 Å². The average molecular weight is 242 g/mol. The number of aryl methyl sites for hydroxylation is 2. The number of rotatable bonds is 4. The highest BCUT2D eigenvalue weighted by Gasteiger charge is 2.07. The highest BCUT2D eigenvalue weighted by Crippen LogP contribution is 2.24. The molecule has 0 aliphatic rings. The van der Waals surface area contributed by atoms with Crippen molar-refractivity contribution in [2.75, 3.05) is 11.1 Å². The largest absolute Gasteiger partial charge is 0.396 e. The van der Waals surface area contributed by atoms with Gasteiger partial charge in [0.15, 0.2) is 0 Å². The molecule has 0 amide bonds. The second kappa shape index (κ2) is 5.49. The summed E-state index contributed by atoms with van der Waals surface area (Å²) in [6.45, 7) is 4.29. The van der Waals surface area contributed by atoms with Gasteiger partial charge in [-0.1, -0.05) is 32.0 Å². The predicted octanol–water partition coefficient (Wildman–Crippen LogP) is 2.93. The minimum Gasteiger partial charge on any atom is -0.396 e. The number of nitrogen functional groups attached to an aromatic ring is 1. The lowest BCUT2D eigenvalue weighted by Crippen LogP contribution is -2.03. The second-order valence-corrected chi connectivity index (χ2v) is 4.12. The highest BCUT2D eigenvalue weighted by molar-refractivity contribution is 5.63. The van der Waals surface area contributed by atoms with Gasteiger partial charge >= 0.3 is 0 Å². The highest BCUT2D eigenvalue weighted by atomic mass is 15.1. The average Bonchev–Trinajstić information content (AvgIpc) is 2.41. The van der Waals surface area contributed by atoms with Crippen LogP contribution in [0.4, 0.5) is 17.3 Å². The molecule has 1 aromatic heterocycles. The molecule has 4 nitrogen and oxygen atoms in total. The normalized spacial score (nSPS) is 10.3. The van der Waals surface area contributed by atoms with Crippen molar-refractivity contribution in [1.29, 1.82) is 0 Å². The van der Waals surface area contributed by atoms with Crippen LogP contribution in [0.25, 0.3) is 0 Å². The summed E-state index contributed by atoms with van der Waals surface area (Å²) in [7, 11) is 0. The Hall–Kier alpha value is -2.10. The van der Waals surface area contributed by atoms with Crippen molar-refractivity contribution >= 4 is 17.3 Å². The molecule has 18 heavy (non-hydrogen) atoms. The van der Waals surface area contributed by atoms with E-state index >= 15 is 0 Å². The minimum absolute atomic E-state index is 0.569. The molecule has 1 heterocycles. The summed E-state index contributed by atoms with van der Waals surface area (Å²) in [5.74, 6) is 0.583. The quantitative estimate of drug-likeness (QED) is 0.865. The van der Waals surface area contributed by atoms with Crippen LogP contribution < -0.4 is 11.1 Å². The van der Waals surface area contributed by atoms with Gasteiger partial charge in [0.1, 0.15) is 0 Å². The van der Waals surface area contributed by atoms with Gasteiger partial charge in [0, 0.05) is 5.69 Å². The maximum atomic E-state index is 5.58. The van der Waals surface area contributed by atoms with Crippen molar-refractivity contribution in [3.8, 4) is 0 Å². The molecule has 0 bridgehead atoms. The molecule has 0 saturated carbocycles. The Bertz CT molecular complexity index is 498. The van der Waals surface area contributed by atoms with Crippen molar-refractivity contribution in [3.63, 3.8) is 0 Å². The van der Waals surface area contributed by atoms with Crippen LogP contribution in [0.1, 0.15) is 25.0 Å². The number of nitrogens with one attached hydrogen (secondary N) is 1. The van der Waals surface area contributed by atoms with E-state index in [1.807, 2.05) is 0 Å². The van der Waals surface area contributed by atoms with E-state index in [0.29, 0.717) is 11.6 Å². The fraction of sp³-hybridized carbons (Fsp3) is 0.286. The third-order valence-corrected chi connectivity index (χ3v) is 2.91. The molecule has 0 aliphatic heterocycles. The predicted molar refractivity (Wildman–Crippen MR) is 74.9 cm³/mol. The summed E-state index contributed by atoms with van der Waals surface area (Å²) in [6, 6.07) is 6.34. The number of para-hydroxylation sites is 1. The first-order valence-corrected chi connectivity index (χ1v) is 6.19. The molecule has 0 aliphatic carbocycles. The van der Waals surface area contributed by atoms with E-state index in [1.165, 1.54) is 11.1 Å². The Morgan fingerprint density at radius 1 is 1.06 bits per heavy atom. The molecule has 3 N–H and O–H groups in total. The molecule has 0 fully saturated rings. The third-order valence-electron chi connectivity index (χ3n) is 2.91. The van der Waals surface area contributed by atoms with Crippen molar-refractivity contribution in [1.82, 2.24) is 9.97 Å². The molecule has 94 valence electrons. The Balaban J connectivity index is 2.35. The zero-order valence-electron chi connectivity index (χ0n) is 10.8. The standard InChI is InChI=1S/C14H18N4/c1-3-10-6-5-7-11(4-2)13(10)18-14-16-8-12(15)9-17-14/h5-9H,3-4,15H2,1-2H3,(H,16,17,18). The number of hydrogen-bond donors (Lipinski definition) is 2. The van der Waals surface area contributed by atoms with Gasteiger partial charge in [-0.3, -0.25) is 0 Å². The first-order valence-electron chi connectivity index (χ1n) is 6.19. The maximum Gasteiger partial charge on any atom is 0.227 e. The molecular formula is C14H18N4. The maximum absolute atomic E-state index is 5.58. The fourth-order valence-corrected chi connectivity index (χ4v) is 1.92. The van der Waals surface area contributed by atoms with E-state index in [1.54, 1.807) is 12.4 Å². The lowest BCUT2D eigenvalue weighted by atomic mass is 10.0. The zero-order chi connectivity index (χ0) is 13.0. The first-order chi connectivity index (χ1) is 8.74. The van der Waals surface area contributed by atoms with Crippen LogP contribution >= 0.6 is 0 Å². The molecule has 2 aromatic rings. The van der Waals surface area contributed by atoms with Crippen LogP contribution in [0.3, 0.4) is 0 Å². The molecule has 0 saturated heterocycles. The van der Waals surface area contributed by atoms with Gasteiger partial charge in [0.2, 0.25) is 5.95 Å². The number of hydrogen-bond acceptors (Lipinski definition) is 4. The molecule has 1 aromatic carbocycles. The number of nitrogens with two attached hydrogens (primary N) is 1. The summed E-state index contributed by atoms with van der Waals surface area (Å²) in [6.07, 6.45) is 5.17. The Morgan fingerprint density at radius 2 is 1.61 bits per heavy atom. The van der Waals surface area contributed by atoms with Crippen LogP contribution in [0.15, 0.2) is 30.6 Å². The van der Waals surface area contributed by atoms with E-state index in [-0.39, 0.29) is 0 Å². The monoisotopic (exact) mass is 242 g/mol. The number of anilines is 3. The molecular weight excluding hydrogens is 224 g/mol. The Kier molecular flexibility index (Phi) is 3.77. The Labute approximate surface area is 107 Å². The summed E-state index contributed by atoms with van der Waals surface area (Å²) < 4.78 is 0. The third kappa shape index (κ3) is 2.59. The summed E-state index contributed by atoms with van der Waals surface area (Å²) in [5, 5.41) is 3.29. The number of nitrogens with zero attached hydrogens (tertiary/aromatic N) is 2. The van der Waals surface area contributed by atoms with Crippen molar-refractivity contribution < 1.29 is 0 Å². The van der Waals surface area contributed by atoms with E-state index in [9.17, 15) is 0 Å². The van der Waals surface area contributed by atoms with Gasteiger partial charge in [0.25, 0.3) is 0 Å². The van der Waals surface area contributed by atoms with Gasteiger partial charge < -0.3 is 11.1 Å². The summed E-state index contributed by atoms with van der Waals surface area (Å²) in [5.41, 5.74) is 9.81. The molecule has 0 spiro atoms. The van der Waals surface area contributed by atoms with Crippen LogP contribution in [0.2, 0.25) is 0 Å².